The fourth-order valence-electron chi connectivity index (χ4n) is 1.52. The van der Waals surface area contributed by atoms with Crippen LogP contribution >= 0.6 is 23.2 Å². The highest BCUT2D eigenvalue weighted by atomic mass is 35.5. The zero-order valence-electron chi connectivity index (χ0n) is 9.24. The van der Waals surface area contributed by atoms with E-state index in [2.05, 4.69) is 10.3 Å². The maximum Gasteiger partial charge on any atom is 0.0946 e. The second-order valence-electron chi connectivity index (χ2n) is 3.71. The Balaban J connectivity index is 1.78. The number of halogens is 2. The second kappa shape index (κ2) is 6.05. The standard InChI is InChI=1S/C12H13Cl2N3/c13-11-2-1-10(12(14)7-11)8-15-3-5-17-6-4-16-9-17/h1-2,4,6-7,9,15H,3,5,8H2. The van der Waals surface area contributed by atoms with Crippen LogP contribution in [0.4, 0.5) is 0 Å². The lowest BCUT2D eigenvalue weighted by Gasteiger charge is -2.07. The third kappa shape index (κ3) is 3.73. The van der Waals surface area contributed by atoms with Gasteiger partial charge in [-0.2, -0.15) is 0 Å². The molecule has 5 heteroatoms. The van der Waals surface area contributed by atoms with Crippen molar-refractivity contribution in [2.75, 3.05) is 6.54 Å². The molecule has 1 heterocycles. The quantitative estimate of drug-likeness (QED) is 0.846. The smallest absolute Gasteiger partial charge is 0.0946 e. The van der Waals surface area contributed by atoms with E-state index < -0.39 is 0 Å². The summed E-state index contributed by atoms with van der Waals surface area (Å²) < 4.78 is 2.02. The Hall–Kier alpha value is -1.03. The average Bonchev–Trinajstić information content (AvgIpc) is 2.79. The van der Waals surface area contributed by atoms with Crippen molar-refractivity contribution >= 4 is 23.2 Å². The molecule has 0 radical (unpaired) electrons. The summed E-state index contributed by atoms with van der Waals surface area (Å²) >= 11 is 11.9. The molecular formula is C12H13Cl2N3. The zero-order chi connectivity index (χ0) is 12.1. The highest BCUT2D eigenvalue weighted by molar-refractivity contribution is 6.35. The van der Waals surface area contributed by atoms with Gasteiger partial charge in [-0.15, -0.1) is 0 Å². The number of aromatic nitrogens is 2. The van der Waals surface area contributed by atoms with Crippen LogP contribution in [0.2, 0.25) is 10.0 Å². The van der Waals surface area contributed by atoms with E-state index in [1.54, 1.807) is 18.6 Å². The summed E-state index contributed by atoms with van der Waals surface area (Å²) in [6, 6.07) is 5.55. The van der Waals surface area contributed by atoms with Gasteiger partial charge in [0.2, 0.25) is 0 Å². The Morgan fingerprint density at radius 2 is 2.18 bits per heavy atom. The molecule has 2 rings (SSSR count). The Labute approximate surface area is 110 Å². The van der Waals surface area contributed by atoms with E-state index in [4.69, 9.17) is 23.2 Å². The zero-order valence-corrected chi connectivity index (χ0v) is 10.7. The molecule has 0 saturated heterocycles. The molecule has 0 saturated carbocycles. The molecule has 1 aromatic heterocycles. The second-order valence-corrected chi connectivity index (χ2v) is 4.56. The summed E-state index contributed by atoms with van der Waals surface area (Å²) in [5.41, 5.74) is 1.06. The number of hydrogen-bond donors (Lipinski definition) is 1. The highest BCUT2D eigenvalue weighted by Crippen LogP contribution is 2.20. The predicted molar refractivity (Wildman–Crippen MR) is 70.4 cm³/mol. The maximum absolute atomic E-state index is 6.07. The van der Waals surface area contributed by atoms with Crippen LogP contribution in [0.1, 0.15) is 5.56 Å². The largest absolute Gasteiger partial charge is 0.336 e. The van der Waals surface area contributed by atoms with Crippen molar-refractivity contribution in [3.8, 4) is 0 Å². The van der Waals surface area contributed by atoms with E-state index in [-0.39, 0.29) is 0 Å². The van der Waals surface area contributed by atoms with Gasteiger partial charge in [-0.05, 0) is 17.7 Å². The van der Waals surface area contributed by atoms with Gasteiger partial charge in [-0.1, -0.05) is 29.3 Å². The first-order chi connectivity index (χ1) is 8.25. The van der Waals surface area contributed by atoms with Crippen LogP contribution in [0.5, 0.6) is 0 Å². The van der Waals surface area contributed by atoms with Crippen molar-refractivity contribution in [1.82, 2.24) is 14.9 Å². The van der Waals surface area contributed by atoms with E-state index in [0.717, 1.165) is 25.2 Å². The molecule has 0 spiro atoms. The molecule has 0 unspecified atom stereocenters. The van der Waals surface area contributed by atoms with Gasteiger partial charge in [-0.25, -0.2) is 4.98 Å². The van der Waals surface area contributed by atoms with Gasteiger partial charge < -0.3 is 9.88 Å². The van der Waals surface area contributed by atoms with Crippen LogP contribution in [0.3, 0.4) is 0 Å². The fraction of sp³-hybridized carbons (Fsp3) is 0.250. The van der Waals surface area contributed by atoms with E-state index in [0.29, 0.717) is 10.0 Å². The van der Waals surface area contributed by atoms with Crippen LogP contribution < -0.4 is 5.32 Å². The van der Waals surface area contributed by atoms with Crippen LogP contribution in [-0.2, 0) is 13.1 Å². The lowest BCUT2D eigenvalue weighted by Crippen LogP contribution is -2.19. The summed E-state index contributed by atoms with van der Waals surface area (Å²) in [6.07, 6.45) is 5.52. The third-order valence-corrected chi connectivity index (χ3v) is 3.02. The van der Waals surface area contributed by atoms with Crippen LogP contribution in [0.25, 0.3) is 0 Å². The fourth-order valence-corrected chi connectivity index (χ4v) is 1.99. The van der Waals surface area contributed by atoms with Gasteiger partial charge in [0, 0.05) is 42.1 Å². The van der Waals surface area contributed by atoms with Gasteiger partial charge in [-0.3, -0.25) is 0 Å². The first-order valence-corrected chi connectivity index (χ1v) is 6.11. The lowest BCUT2D eigenvalue weighted by molar-refractivity contribution is 0.597. The van der Waals surface area contributed by atoms with Crippen molar-refractivity contribution in [2.24, 2.45) is 0 Å². The van der Waals surface area contributed by atoms with Crippen LogP contribution in [-0.4, -0.2) is 16.1 Å². The Bertz CT molecular complexity index is 469. The van der Waals surface area contributed by atoms with Crippen LogP contribution in [0, 0.1) is 0 Å². The molecule has 1 aromatic carbocycles. The number of hydrogen-bond acceptors (Lipinski definition) is 2. The Morgan fingerprint density at radius 1 is 1.29 bits per heavy atom. The van der Waals surface area contributed by atoms with Gasteiger partial charge in [0.1, 0.15) is 0 Å². The molecule has 0 amide bonds. The number of nitrogens with one attached hydrogen (secondary N) is 1. The predicted octanol–water partition coefficient (Wildman–Crippen LogP) is 2.98. The summed E-state index contributed by atoms with van der Waals surface area (Å²) in [4.78, 5) is 3.98. The number of rotatable bonds is 5. The molecule has 0 atom stereocenters. The minimum Gasteiger partial charge on any atom is -0.336 e. The summed E-state index contributed by atoms with van der Waals surface area (Å²) in [5, 5.41) is 4.69. The summed E-state index contributed by atoms with van der Waals surface area (Å²) in [6.45, 7) is 2.51. The monoisotopic (exact) mass is 269 g/mol. The number of nitrogens with zero attached hydrogens (tertiary/aromatic N) is 2. The minimum absolute atomic E-state index is 0.664. The SMILES string of the molecule is Clc1ccc(CNCCn2ccnc2)c(Cl)c1. The molecule has 17 heavy (non-hydrogen) atoms. The third-order valence-electron chi connectivity index (χ3n) is 2.44. The molecule has 0 aliphatic rings. The molecule has 90 valence electrons. The normalized spacial score (nSPS) is 10.7. The average molecular weight is 270 g/mol. The van der Waals surface area contributed by atoms with Gasteiger partial charge in [0.15, 0.2) is 0 Å². The van der Waals surface area contributed by atoms with E-state index in [9.17, 15) is 0 Å². The maximum atomic E-state index is 6.07. The van der Waals surface area contributed by atoms with Crippen LogP contribution in [0.15, 0.2) is 36.9 Å². The molecule has 0 bridgehead atoms. The first-order valence-electron chi connectivity index (χ1n) is 5.36. The van der Waals surface area contributed by atoms with Crippen molar-refractivity contribution in [2.45, 2.75) is 13.1 Å². The molecule has 1 N–H and O–H groups in total. The van der Waals surface area contributed by atoms with E-state index >= 15 is 0 Å². The molecule has 2 aromatic rings. The summed E-state index contributed by atoms with van der Waals surface area (Å²) in [5.74, 6) is 0. The molecule has 0 fully saturated rings. The molecule has 0 aliphatic heterocycles. The Morgan fingerprint density at radius 3 is 2.88 bits per heavy atom. The van der Waals surface area contributed by atoms with Gasteiger partial charge in [0.05, 0.1) is 6.33 Å². The van der Waals surface area contributed by atoms with Gasteiger partial charge >= 0.3 is 0 Å². The summed E-state index contributed by atoms with van der Waals surface area (Å²) in [7, 11) is 0. The Kier molecular flexibility index (Phi) is 4.42. The van der Waals surface area contributed by atoms with E-state index in [1.807, 2.05) is 22.9 Å². The molecule has 0 aliphatic carbocycles. The highest BCUT2D eigenvalue weighted by Gasteiger charge is 2.00. The van der Waals surface area contributed by atoms with E-state index in [1.165, 1.54) is 0 Å². The van der Waals surface area contributed by atoms with Crippen molar-refractivity contribution in [1.29, 1.82) is 0 Å². The van der Waals surface area contributed by atoms with Crippen molar-refractivity contribution in [3.05, 3.63) is 52.5 Å². The molecule has 3 nitrogen and oxygen atoms in total. The number of benzene rings is 1. The van der Waals surface area contributed by atoms with Crippen molar-refractivity contribution < 1.29 is 0 Å². The topological polar surface area (TPSA) is 29.9 Å². The lowest BCUT2D eigenvalue weighted by atomic mass is 10.2. The molecular weight excluding hydrogens is 257 g/mol. The first kappa shape index (κ1) is 12.4. The van der Waals surface area contributed by atoms with Gasteiger partial charge in [0.25, 0.3) is 0 Å². The number of imidazole rings is 1. The van der Waals surface area contributed by atoms with Crippen molar-refractivity contribution in [3.63, 3.8) is 0 Å². The minimum atomic E-state index is 0.664.